The van der Waals surface area contributed by atoms with Crippen molar-refractivity contribution in [3.63, 3.8) is 0 Å². The van der Waals surface area contributed by atoms with Gasteiger partial charge >= 0.3 is 0 Å². The van der Waals surface area contributed by atoms with Crippen LogP contribution in [0.5, 0.6) is 11.6 Å². The third kappa shape index (κ3) is 3.25. The van der Waals surface area contributed by atoms with Gasteiger partial charge in [-0.05, 0) is 63.9 Å². The molecule has 1 radical (unpaired) electrons. The van der Waals surface area contributed by atoms with E-state index in [0.29, 0.717) is 11.6 Å². The first kappa shape index (κ1) is 14.3. The van der Waals surface area contributed by atoms with Crippen LogP contribution >= 0.6 is 31.9 Å². The molecule has 19 heavy (non-hydrogen) atoms. The zero-order valence-corrected chi connectivity index (χ0v) is 13.5. The minimum absolute atomic E-state index is 0.0213. The molecule has 0 spiro atoms. The highest BCUT2D eigenvalue weighted by molar-refractivity contribution is 9.11. The number of halogens is 2. The van der Waals surface area contributed by atoms with Crippen LogP contribution in [0.4, 0.5) is 0 Å². The van der Waals surface area contributed by atoms with Gasteiger partial charge in [0.05, 0.1) is 15.0 Å². The van der Waals surface area contributed by atoms with Gasteiger partial charge in [0.25, 0.3) is 5.56 Å². The quantitative estimate of drug-likeness (QED) is 0.802. The zero-order valence-electron chi connectivity index (χ0n) is 10.4. The lowest BCUT2D eigenvalue weighted by Gasteiger charge is -2.12. The standard InChI is InChI=1S/C13H11Br2N2O2/c1-8(2)17-12(18)7-6-11(16-17)19-13-9(14)4-3-5-10(13)15/h4-8H,1-2H3. The fourth-order valence-corrected chi connectivity index (χ4v) is 2.59. The van der Waals surface area contributed by atoms with E-state index in [1.54, 1.807) is 18.2 Å². The van der Waals surface area contributed by atoms with Crippen LogP contribution in [0, 0.1) is 6.07 Å². The monoisotopic (exact) mass is 385 g/mol. The first-order valence-electron chi connectivity index (χ1n) is 5.62. The summed E-state index contributed by atoms with van der Waals surface area (Å²) in [5.41, 5.74) is -0.151. The number of hydrogen-bond acceptors (Lipinski definition) is 3. The minimum atomic E-state index is -0.151. The van der Waals surface area contributed by atoms with E-state index in [9.17, 15) is 4.79 Å². The molecule has 2 aromatic rings. The Morgan fingerprint density at radius 3 is 2.47 bits per heavy atom. The van der Waals surface area contributed by atoms with E-state index in [-0.39, 0.29) is 11.6 Å². The van der Waals surface area contributed by atoms with E-state index in [1.807, 2.05) is 13.8 Å². The molecule has 0 amide bonds. The summed E-state index contributed by atoms with van der Waals surface area (Å²) in [6, 6.07) is 9.42. The van der Waals surface area contributed by atoms with E-state index >= 15 is 0 Å². The first-order valence-corrected chi connectivity index (χ1v) is 7.20. The molecule has 0 aliphatic heterocycles. The Hall–Kier alpha value is -1.14. The highest BCUT2D eigenvalue weighted by atomic mass is 79.9. The van der Waals surface area contributed by atoms with Crippen molar-refractivity contribution >= 4 is 31.9 Å². The van der Waals surface area contributed by atoms with Gasteiger partial charge in [0.2, 0.25) is 5.88 Å². The smallest absolute Gasteiger partial charge is 0.267 e. The molecule has 6 heteroatoms. The van der Waals surface area contributed by atoms with E-state index in [2.05, 4.69) is 43.0 Å². The lowest BCUT2D eigenvalue weighted by atomic mass is 10.3. The summed E-state index contributed by atoms with van der Waals surface area (Å²) >= 11 is 6.77. The topological polar surface area (TPSA) is 44.1 Å². The van der Waals surface area contributed by atoms with Crippen LogP contribution in [0.15, 0.2) is 38.0 Å². The van der Waals surface area contributed by atoms with Gasteiger partial charge in [-0.25, -0.2) is 4.68 Å². The van der Waals surface area contributed by atoms with Gasteiger partial charge in [-0.2, -0.15) is 0 Å². The van der Waals surface area contributed by atoms with Gasteiger partial charge in [0.1, 0.15) is 0 Å². The number of rotatable bonds is 3. The molecule has 0 aliphatic rings. The molecule has 0 bridgehead atoms. The molecule has 1 heterocycles. The summed E-state index contributed by atoms with van der Waals surface area (Å²) in [4.78, 5) is 11.6. The lowest BCUT2D eigenvalue weighted by molar-refractivity contribution is 0.408. The van der Waals surface area contributed by atoms with Crippen molar-refractivity contribution in [1.82, 2.24) is 9.78 Å². The van der Waals surface area contributed by atoms with Crippen molar-refractivity contribution < 1.29 is 4.74 Å². The Morgan fingerprint density at radius 2 is 1.89 bits per heavy atom. The van der Waals surface area contributed by atoms with E-state index < -0.39 is 0 Å². The van der Waals surface area contributed by atoms with Crippen molar-refractivity contribution in [3.05, 3.63) is 49.6 Å². The summed E-state index contributed by atoms with van der Waals surface area (Å²) in [6.45, 7) is 3.78. The molecule has 0 N–H and O–H groups in total. The Kier molecular flexibility index (Phi) is 4.42. The van der Waals surface area contributed by atoms with Gasteiger partial charge in [-0.15, -0.1) is 5.10 Å². The molecule has 0 saturated carbocycles. The summed E-state index contributed by atoms with van der Waals surface area (Å²) in [7, 11) is 0. The Morgan fingerprint density at radius 1 is 1.26 bits per heavy atom. The molecule has 4 nitrogen and oxygen atoms in total. The van der Waals surface area contributed by atoms with Gasteiger partial charge in [0.15, 0.2) is 5.75 Å². The van der Waals surface area contributed by atoms with Crippen molar-refractivity contribution in [2.45, 2.75) is 19.9 Å². The molecule has 1 aromatic carbocycles. The highest BCUT2D eigenvalue weighted by Gasteiger charge is 2.10. The Labute approximate surface area is 127 Å². The summed E-state index contributed by atoms with van der Waals surface area (Å²) in [5, 5.41) is 4.18. The molecule has 0 fully saturated rings. The predicted molar refractivity (Wildman–Crippen MR) is 79.6 cm³/mol. The fourth-order valence-electron chi connectivity index (χ4n) is 1.47. The van der Waals surface area contributed by atoms with Gasteiger partial charge in [-0.3, -0.25) is 4.79 Å². The second-order valence-electron chi connectivity index (χ2n) is 4.13. The first-order chi connectivity index (χ1) is 8.99. The predicted octanol–water partition coefficient (Wildman–Crippen LogP) is 3.94. The SMILES string of the molecule is CC(C)n1nc(Oc2c(Br)c[c]cc2Br)ccc1=O. The third-order valence-electron chi connectivity index (χ3n) is 2.35. The van der Waals surface area contributed by atoms with E-state index in [1.165, 1.54) is 10.7 Å². The largest absolute Gasteiger partial charge is 0.435 e. The molecule has 1 aromatic heterocycles. The maximum Gasteiger partial charge on any atom is 0.267 e. The average molecular weight is 387 g/mol. The molecule has 0 aliphatic carbocycles. The number of benzene rings is 1. The number of aromatic nitrogens is 2. The van der Waals surface area contributed by atoms with Crippen LogP contribution < -0.4 is 10.3 Å². The molecule has 2 rings (SSSR count). The van der Waals surface area contributed by atoms with E-state index in [4.69, 9.17) is 4.74 Å². The van der Waals surface area contributed by atoms with Crippen LogP contribution in [0.2, 0.25) is 0 Å². The van der Waals surface area contributed by atoms with Crippen molar-refractivity contribution in [3.8, 4) is 11.6 Å². The molecule has 99 valence electrons. The molecule has 0 atom stereocenters. The maximum absolute atomic E-state index is 11.6. The van der Waals surface area contributed by atoms with Gasteiger partial charge in [-0.1, -0.05) is 0 Å². The molecular weight excluding hydrogens is 376 g/mol. The maximum atomic E-state index is 11.6. The van der Waals surface area contributed by atoms with E-state index in [0.717, 1.165) is 8.95 Å². The molecule has 0 saturated heterocycles. The summed E-state index contributed by atoms with van der Waals surface area (Å²) in [5.74, 6) is 0.959. The second kappa shape index (κ2) is 5.88. The average Bonchev–Trinajstić information content (AvgIpc) is 2.35. The summed E-state index contributed by atoms with van der Waals surface area (Å²) in [6.07, 6.45) is 0. The Bertz CT molecular complexity index is 633. The zero-order chi connectivity index (χ0) is 14.0. The number of ether oxygens (including phenoxy) is 1. The molecule has 0 unspecified atom stereocenters. The van der Waals surface area contributed by atoms with Crippen molar-refractivity contribution in [1.29, 1.82) is 0 Å². The highest BCUT2D eigenvalue weighted by Crippen LogP contribution is 2.35. The lowest BCUT2D eigenvalue weighted by Crippen LogP contribution is -2.23. The third-order valence-corrected chi connectivity index (χ3v) is 3.53. The van der Waals surface area contributed by atoms with Crippen LogP contribution in [0.25, 0.3) is 0 Å². The van der Waals surface area contributed by atoms with Crippen molar-refractivity contribution in [2.24, 2.45) is 0 Å². The van der Waals surface area contributed by atoms with Gasteiger partial charge in [0, 0.05) is 12.1 Å². The second-order valence-corrected chi connectivity index (χ2v) is 5.84. The number of hydrogen-bond donors (Lipinski definition) is 0. The van der Waals surface area contributed by atoms with Crippen molar-refractivity contribution in [2.75, 3.05) is 0 Å². The summed E-state index contributed by atoms with van der Waals surface area (Å²) < 4.78 is 8.59. The van der Waals surface area contributed by atoms with Gasteiger partial charge < -0.3 is 4.74 Å². The van der Waals surface area contributed by atoms with Crippen LogP contribution in [-0.2, 0) is 0 Å². The molecular formula is C13H11Br2N2O2. The fraction of sp³-hybridized carbons (Fsp3) is 0.231. The normalized spacial score (nSPS) is 10.8. The minimum Gasteiger partial charge on any atom is -0.435 e. The van der Waals surface area contributed by atoms with Crippen LogP contribution in [0.3, 0.4) is 0 Å². The number of nitrogens with zero attached hydrogens (tertiary/aromatic N) is 2. The van der Waals surface area contributed by atoms with Crippen LogP contribution in [-0.4, -0.2) is 9.78 Å². The van der Waals surface area contributed by atoms with Crippen LogP contribution in [0.1, 0.15) is 19.9 Å². The Balaban J connectivity index is 2.39.